The van der Waals surface area contributed by atoms with Gasteiger partial charge in [0.15, 0.2) is 5.69 Å². The number of amides is 1. The molecule has 0 radical (unpaired) electrons. The third-order valence-electron chi connectivity index (χ3n) is 5.06. The quantitative estimate of drug-likeness (QED) is 0.446. The smallest absolute Gasteiger partial charge is 0.292 e. The Morgan fingerprint density at radius 2 is 1.97 bits per heavy atom. The SMILES string of the molecule is C/C(=N\NC(=O)c1c(CN2CCCCC2)nnn1-c1nonc1N)c1ccc(F)cc1. The summed E-state index contributed by atoms with van der Waals surface area (Å²) in [6, 6.07) is 5.81. The van der Waals surface area contributed by atoms with E-state index in [9.17, 15) is 9.18 Å². The van der Waals surface area contributed by atoms with Crippen LogP contribution in [0.5, 0.6) is 0 Å². The fraction of sp³-hybridized carbons (Fsp3) is 0.368. The lowest BCUT2D eigenvalue weighted by Crippen LogP contribution is -2.31. The second-order valence-corrected chi connectivity index (χ2v) is 7.25. The molecule has 0 spiro atoms. The molecule has 1 aliphatic rings. The minimum absolute atomic E-state index is 0.0190. The Balaban J connectivity index is 1.61. The summed E-state index contributed by atoms with van der Waals surface area (Å²) < 4.78 is 19.0. The summed E-state index contributed by atoms with van der Waals surface area (Å²) in [7, 11) is 0. The fourth-order valence-corrected chi connectivity index (χ4v) is 3.41. The van der Waals surface area contributed by atoms with Gasteiger partial charge in [-0.1, -0.05) is 23.8 Å². The first kappa shape index (κ1) is 20.6. The van der Waals surface area contributed by atoms with E-state index < -0.39 is 5.91 Å². The highest BCUT2D eigenvalue weighted by atomic mass is 19.1. The number of likely N-dealkylation sites (tertiary alicyclic amines) is 1. The average molecular weight is 427 g/mol. The first-order chi connectivity index (χ1) is 15.0. The number of carbonyl (C=O) groups is 1. The predicted molar refractivity (Wildman–Crippen MR) is 109 cm³/mol. The molecule has 3 heterocycles. The summed E-state index contributed by atoms with van der Waals surface area (Å²) in [5.74, 6) is -0.839. The molecule has 0 unspecified atom stereocenters. The number of benzene rings is 1. The Labute approximate surface area is 177 Å². The molecule has 0 atom stereocenters. The molecule has 1 saturated heterocycles. The van der Waals surface area contributed by atoms with Crippen molar-refractivity contribution < 1.29 is 13.8 Å². The lowest BCUT2D eigenvalue weighted by atomic mass is 10.1. The Morgan fingerprint density at radius 1 is 1.23 bits per heavy atom. The van der Waals surface area contributed by atoms with Gasteiger partial charge in [0.2, 0.25) is 11.6 Å². The van der Waals surface area contributed by atoms with Crippen LogP contribution in [0.1, 0.15) is 47.9 Å². The van der Waals surface area contributed by atoms with Crippen molar-refractivity contribution in [3.8, 4) is 5.82 Å². The number of hydrazone groups is 1. The van der Waals surface area contributed by atoms with Crippen LogP contribution in [0.25, 0.3) is 5.82 Å². The normalized spacial score (nSPS) is 15.2. The van der Waals surface area contributed by atoms with E-state index in [2.05, 4.69) is 40.7 Å². The maximum absolute atomic E-state index is 13.1. The summed E-state index contributed by atoms with van der Waals surface area (Å²) in [5.41, 5.74) is 10.1. The van der Waals surface area contributed by atoms with Crippen LogP contribution >= 0.6 is 0 Å². The Bertz CT molecular complexity index is 1080. The second-order valence-electron chi connectivity index (χ2n) is 7.25. The summed E-state index contributed by atoms with van der Waals surface area (Å²) >= 11 is 0. The molecule has 31 heavy (non-hydrogen) atoms. The topological polar surface area (TPSA) is 140 Å². The predicted octanol–water partition coefficient (Wildman–Crippen LogP) is 1.51. The van der Waals surface area contributed by atoms with E-state index in [0.29, 0.717) is 23.5 Å². The van der Waals surface area contributed by atoms with Gasteiger partial charge in [0.05, 0.1) is 5.71 Å². The zero-order valence-electron chi connectivity index (χ0n) is 17.0. The standard InChI is InChI=1S/C19H22FN9O2/c1-12(13-5-7-14(20)8-6-13)22-24-19(30)16-15(11-28-9-3-2-4-10-28)23-27-29(16)18-17(21)25-31-26-18/h5-8H,2-4,9-11H2,1H3,(H2,21,25)(H,24,30)/b22-12+. The summed E-state index contributed by atoms with van der Waals surface area (Å²) in [5, 5.41) is 19.6. The average Bonchev–Trinajstić information content (AvgIpc) is 3.38. The number of halogens is 1. The van der Waals surface area contributed by atoms with Gasteiger partial charge in [-0.15, -0.1) is 5.10 Å². The highest BCUT2D eigenvalue weighted by Gasteiger charge is 2.26. The first-order valence-electron chi connectivity index (χ1n) is 9.89. The van der Waals surface area contributed by atoms with E-state index >= 15 is 0 Å². The Hall–Kier alpha value is -3.67. The molecule has 3 aromatic rings. The molecule has 1 fully saturated rings. The molecule has 162 valence electrons. The van der Waals surface area contributed by atoms with Crippen LogP contribution < -0.4 is 11.2 Å². The molecule has 12 heteroatoms. The van der Waals surface area contributed by atoms with Gasteiger partial charge in [-0.05, 0) is 60.9 Å². The van der Waals surface area contributed by atoms with Crippen molar-refractivity contribution in [1.82, 2.24) is 35.6 Å². The summed E-state index contributed by atoms with van der Waals surface area (Å²) in [6.45, 7) is 4.00. The fourth-order valence-electron chi connectivity index (χ4n) is 3.41. The van der Waals surface area contributed by atoms with Crippen molar-refractivity contribution in [1.29, 1.82) is 0 Å². The molecular weight excluding hydrogens is 405 g/mol. The van der Waals surface area contributed by atoms with Gasteiger partial charge < -0.3 is 5.73 Å². The Kier molecular flexibility index (Phi) is 5.98. The third kappa shape index (κ3) is 4.58. The van der Waals surface area contributed by atoms with Gasteiger partial charge >= 0.3 is 0 Å². The number of rotatable bonds is 6. The van der Waals surface area contributed by atoms with Crippen LogP contribution in [-0.2, 0) is 6.54 Å². The van der Waals surface area contributed by atoms with E-state index in [1.165, 1.54) is 23.2 Å². The maximum atomic E-state index is 13.1. The van der Waals surface area contributed by atoms with Gasteiger partial charge in [0, 0.05) is 6.54 Å². The van der Waals surface area contributed by atoms with Crippen molar-refractivity contribution in [2.24, 2.45) is 5.10 Å². The molecule has 3 N–H and O–H groups in total. The number of nitrogens with two attached hydrogens (primary N) is 1. The van der Waals surface area contributed by atoms with Crippen molar-refractivity contribution in [3.05, 3.63) is 47.0 Å². The van der Waals surface area contributed by atoms with Crippen LogP contribution in [0.15, 0.2) is 34.0 Å². The number of aromatic nitrogens is 5. The van der Waals surface area contributed by atoms with Crippen LogP contribution in [0.2, 0.25) is 0 Å². The maximum Gasteiger partial charge on any atom is 0.292 e. The zero-order chi connectivity index (χ0) is 21.8. The molecule has 0 aliphatic carbocycles. The van der Waals surface area contributed by atoms with Crippen molar-refractivity contribution in [2.45, 2.75) is 32.7 Å². The van der Waals surface area contributed by atoms with Crippen molar-refractivity contribution >= 4 is 17.4 Å². The lowest BCUT2D eigenvalue weighted by Gasteiger charge is -2.25. The first-order valence-corrected chi connectivity index (χ1v) is 9.89. The zero-order valence-corrected chi connectivity index (χ0v) is 17.0. The molecular formula is C19H22FN9O2. The number of anilines is 1. The van der Waals surface area contributed by atoms with E-state index in [4.69, 9.17) is 5.73 Å². The van der Waals surface area contributed by atoms with Gasteiger partial charge in [-0.2, -0.15) is 9.78 Å². The number of piperidine rings is 1. The summed E-state index contributed by atoms with van der Waals surface area (Å²) in [6.07, 6.45) is 3.38. The minimum Gasteiger partial charge on any atom is -0.378 e. The lowest BCUT2D eigenvalue weighted by molar-refractivity contribution is 0.0944. The minimum atomic E-state index is -0.541. The van der Waals surface area contributed by atoms with Crippen LogP contribution in [-0.4, -0.2) is 54.9 Å². The van der Waals surface area contributed by atoms with Gasteiger partial charge in [-0.25, -0.2) is 14.4 Å². The van der Waals surface area contributed by atoms with Gasteiger partial charge in [0.1, 0.15) is 11.5 Å². The number of nitrogen functional groups attached to an aromatic ring is 1. The largest absolute Gasteiger partial charge is 0.378 e. The molecule has 0 saturated carbocycles. The number of carbonyl (C=O) groups excluding carboxylic acids is 1. The number of hydrogen-bond donors (Lipinski definition) is 2. The number of nitrogens with one attached hydrogen (secondary N) is 1. The monoisotopic (exact) mass is 427 g/mol. The number of nitrogens with zero attached hydrogens (tertiary/aromatic N) is 7. The molecule has 1 aromatic carbocycles. The van der Waals surface area contributed by atoms with Crippen LogP contribution in [0, 0.1) is 5.82 Å². The molecule has 2 aromatic heterocycles. The molecule has 1 amide bonds. The van der Waals surface area contributed by atoms with E-state index in [-0.39, 0.29) is 23.1 Å². The van der Waals surface area contributed by atoms with Gasteiger partial charge in [-0.3, -0.25) is 9.69 Å². The molecule has 4 rings (SSSR count). The third-order valence-corrected chi connectivity index (χ3v) is 5.06. The second kappa shape index (κ2) is 9.00. The van der Waals surface area contributed by atoms with Crippen LogP contribution in [0.4, 0.5) is 10.2 Å². The van der Waals surface area contributed by atoms with E-state index in [1.54, 1.807) is 19.1 Å². The van der Waals surface area contributed by atoms with Crippen molar-refractivity contribution in [3.63, 3.8) is 0 Å². The van der Waals surface area contributed by atoms with E-state index in [0.717, 1.165) is 25.9 Å². The van der Waals surface area contributed by atoms with E-state index in [1.807, 2.05) is 0 Å². The van der Waals surface area contributed by atoms with Crippen molar-refractivity contribution in [2.75, 3.05) is 18.8 Å². The van der Waals surface area contributed by atoms with Crippen LogP contribution in [0.3, 0.4) is 0 Å². The highest BCUT2D eigenvalue weighted by Crippen LogP contribution is 2.19. The Morgan fingerprint density at radius 3 is 2.65 bits per heavy atom. The number of hydrogen-bond acceptors (Lipinski definition) is 9. The summed E-state index contributed by atoms with van der Waals surface area (Å²) in [4.78, 5) is 15.3. The highest BCUT2D eigenvalue weighted by molar-refractivity contribution is 6.00. The molecule has 11 nitrogen and oxygen atoms in total. The molecule has 1 aliphatic heterocycles. The van der Waals surface area contributed by atoms with Gasteiger partial charge in [0.25, 0.3) is 5.91 Å². The molecule has 0 bridgehead atoms.